The average molecular weight is 365 g/mol. The molecule has 0 unspecified atom stereocenters. The minimum absolute atomic E-state index is 0.117. The summed E-state index contributed by atoms with van der Waals surface area (Å²) in [4.78, 5) is 12.2. The average Bonchev–Trinajstić information content (AvgIpc) is 3.28. The Morgan fingerprint density at radius 3 is 2.81 bits per heavy atom. The van der Waals surface area contributed by atoms with E-state index in [-0.39, 0.29) is 11.7 Å². The number of nitrogens with one attached hydrogen (secondary N) is 1. The predicted molar refractivity (Wildman–Crippen MR) is 99.3 cm³/mol. The molecule has 1 fully saturated rings. The molecule has 2 heterocycles. The fourth-order valence-corrected chi connectivity index (χ4v) is 3.47. The van der Waals surface area contributed by atoms with Crippen LogP contribution in [0.2, 0.25) is 0 Å². The van der Waals surface area contributed by atoms with Gasteiger partial charge in [0, 0.05) is 22.4 Å². The van der Waals surface area contributed by atoms with Crippen molar-refractivity contribution in [2.24, 2.45) is 0 Å². The van der Waals surface area contributed by atoms with Crippen LogP contribution in [0.5, 0.6) is 0 Å². The molecule has 1 aliphatic rings. The highest BCUT2D eigenvalue weighted by Gasteiger charge is 2.29. The predicted octanol–water partition coefficient (Wildman–Crippen LogP) is 4.58. The van der Waals surface area contributed by atoms with E-state index >= 15 is 0 Å². The van der Waals surface area contributed by atoms with Crippen LogP contribution in [0, 0.1) is 0 Å². The molecule has 0 aliphatic heterocycles. The van der Waals surface area contributed by atoms with E-state index in [0.717, 1.165) is 40.5 Å². The molecule has 1 N–H and O–H groups in total. The molecular weight excluding hydrogens is 350 g/mol. The lowest BCUT2D eigenvalue weighted by atomic mass is 10.1. The van der Waals surface area contributed by atoms with Gasteiger partial charge >= 0.3 is 0 Å². The molecule has 4 aromatic rings. The van der Waals surface area contributed by atoms with Crippen molar-refractivity contribution in [1.82, 2.24) is 10.2 Å². The summed E-state index contributed by atoms with van der Waals surface area (Å²) in [5.41, 5.74) is 2.38. The van der Waals surface area contributed by atoms with Gasteiger partial charge in [0.15, 0.2) is 0 Å². The highest BCUT2D eigenvalue weighted by atomic mass is 32.2. The van der Waals surface area contributed by atoms with Gasteiger partial charge in [-0.05, 0) is 37.1 Å². The summed E-state index contributed by atoms with van der Waals surface area (Å²) in [5, 5.41) is 13.4. The van der Waals surface area contributed by atoms with E-state index in [0.29, 0.717) is 17.0 Å². The van der Waals surface area contributed by atoms with Gasteiger partial charge in [0.1, 0.15) is 11.2 Å². The molecule has 26 heavy (non-hydrogen) atoms. The number of thioether (sulfide) groups is 1. The quantitative estimate of drug-likeness (QED) is 0.522. The zero-order chi connectivity index (χ0) is 17.5. The third kappa shape index (κ3) is 2.94. The summed E-state index contributed by atoms with van der Waals surface area (Å²) >= 11 is 1.25. The molecule has 2 aromatic carbocycles. The first-order valence-electron chi connectivity index (χ1n) is 8.43. The summed E-state index contributed by atoms with van der Waals surface area (Å²) in [5.74, 6) is 1.21. The first-order chi connectivity index (χ1) is 12.8. The van der Waals surface area contributed by atoms with Crippen LogP contribution in [0.15, 0.2) is 56.5 Å². The maximum absolute atomic E-state index is 12.2. The lowest BCUT2D eigenvalue weighted by Crippen LogP contribution is -2.13. The summed E-state index contributed by atoms with van der Waals surface area (Å²) in [6, 6.07) is 13.5. The van der Waals surface area contributed by atoms with Gasteiger partial charge in [-0.25, -0.2) is 0 Å². The number of anilines is 1. The Kier molecular flexibility index (Phi) is 3.67. The second-order valence-electron chi connectivity index (χ2n) is 6.33. The highest BCUT2D eigenvalue weighted by Crippen LogP contribution is 2.39. The van der Waals surface area contributed by atoms with Crippen LogP contribution in [0.4, 0.5) is 5.69 Å². The van der Waals surface area contributed by atoms with Crippen molar-refractivity contribution < 1.29 is 13.6 Å². The van der Waals surface area contributed by atoms with Crippen molar-refractivity contribution in [3.63, 3.8) is 0 Å². The molecule has 0 spiro atoms. The van der Waals surface area contributed by atoms with E-state index in [4.69, 9.17) is 8.83 Å². The van der Waals surface area contributed by atoms with Gasteiger partial charge in [-0.3, -0.25) is 4.79 Å². The lowest BCUT2D eigenvalue weighted by molar-refractivity contribution is -0.113. The fourth-order valence-electron chi connectivity index (χ4n) is 2.90. The van der Waals surface area contributed by atoms with E-state index in [9.17, 15) is 4.79 Å². The Balaban J connectivity index is 1.28. The molecule has 1 saturated carbocycles. The first-order valence-corrected chi connectivity index (χ1v) is 9.42. The maximum atomic E-state index is 12.2. The number of carbonyl (C=O) groups is 1. The third-order valence-corrected chi connectivity index (χ3v) is 5.15. The van der Waals surface area contributed by atoms with Crippen molar-refractivity contribution in [2.45, 2.75) is 24.0 Å². The topological polar surface area (TPSA) is 81.2 Å². The molecule has 2 aromatic heterocycles. The van der Waals surface area contributed by atoms with Crippen molar-refractivity contribution in [3.05, 3.63) is 48.4 Å². The zero-order valence-corrected chi connectivity index (χ0v) is 14.6. The Morgan fingerprint density at radius 1 is 1.08 bits per heavy atom. The van der Waals surface area contributed by atoms with Crippen LogP contribution >= 0.6 is 11.8 Å². The molecule has 0 saturated heterocycles. The van der Waals surface area contributed by atoms with Gasteiger partial charge in [0.25, 0.3) is 5.22 Å². The normalized spacial score (nSPS) is 14.2. The third-order valence-electron chi connectivity index (χ3n) is 4.34. The van der Waals surface area contributed by atoms with Crippen molar-refractivity contribution in [1.29, 1.82) is 0 Å². The Labute approximate surface area is 153 Å². The van der Waals surface area contributed by atoms with Crippen LogP contribution in [0.3, 0.4) is 0 Å². The number of aromatic nitrogens is 2. The highest BCUT2D eigenvalue weighted by molar-refractivity contribution is 7.99. The number of fused-ring (bicyclic) bond motifs is 3. The number of amides is 1. The molecule has 0 atom stereocenters. The Bertz CT molecular complexity index is 1110. The Morgan fingerprint density at radius 2 is 1.92 bits per heavy atom. The second-order valence-corrected chi connectivity index (χ2v) is 7.25. The smallest absolute Gasteiger partial charge is 0.277 e. The number of benzene rings is 2. The van der Waals surface area contributed by atoms with E-state index in [1.165, 1.54) is 11.8 Å². The number of furan rings is 1. The zero-order valence-electron chi connectivity index (χ0n) is 13.8. The van der Waals surface area contributed by atoms with E-state index in [2.05, 4.69) is 15.5 Å². The van der Waals surface area contributed by atoms with Crippen LogP contribution in [0.1, 0.15) is 24.7 Å². The molecule has 7 heteroatoms. The van der Waals surface area contributed by atoms with Crippen LogP contribution in [-0.4, -0.2) is 21.9 Å². The summed E-state index contributed by atoms with van der Waals surface area (Å²) in [7, 11) is 0. The molecule has 1 amide bonds. The van der Waals surface area contributed by atoms with Crippen LogP contribution < -0.4 is 5.32 Å². The van der Waals surface area contributed by atoms with Gasteiger partial charge in [-0.1, -0.05) is 30.0 Å². The van der Waals surface area contributed by atoms with Crippen LogP contribution in [-0.2, 0) is 4.79 Å². The van der Waals surface area contributed by atoms with Crippen LogP contribution in [0.25, 0.3) is 21.9 Å². The number of carbonyl (C=O) groups excluding carboxylic acids is 1. The second kappa shape index (κ2) is 6.17. The molecule has 6 nitrogen and oxygen atoms in total. The minimum Gasteiger partial charge on any atom is -0.456 e. The van der Waals surface area contributed by atoms with Gasteiger partial charge in [-0.2, -0.15) is 0 Å². The van der Waals surface area contributed by atoms with E-state index < -0.39 is 0 Å². The van der Waals surface area contributed by atoms with Crippen molar-refractivity contribution in [2.75, 3.05) is 11.1 Å². The number of nitrogens with zero attached hydrogens (tertiary/aromatic N) is 2. The summed E-state index contributed by atoms with van der Waals surface area (Å²) in [6.07, 6.45) is 2.22. The standard InChI is InChI=1S/C19H15N3O3S/c23-17(10-26-19-22-21-18(25-19)11-5-6-11)20-12-7-8-16-14(9-12)13-3-1-2-4-15(13)24-16/h1-4,7-9,11H,5-6,10H2,(H,20,23). The van der Waals surface area contributed by atoms with Gasteiger partial charge in [0.2, 0.25) is 11.8 Å². The molecular formula is C19H15N3O3S. The molecule has 0 radical (unpaired) electrons. The molecule has 1 aliphatic carbocycles. The monoisotopic (exact) mass is 365 g/mol. The largest absolute Gasteiger partial charge is 0.456 e. The number of rotatable bonds is 5. The van der Waals surface area contributed by atoms with Gasteiger partial charge < -0.3 is 14.2 Å². The lowest BCUT2D eigenvalue weighted by Gasteiger charge is -2.04. The number of hydrogen-bond acceptors (Lipinski definition) is 6. The number of hydrogen-bond donors (Lipinski definition) is 1. The fraction of sp³-hybridized carbons (Fsp3) is 0.211. The van der Waals surface area contributed by atoms with Gasteiger partial charge in [-0.15, -0.1) is 10.2 Å². The SMILES string of the molecule is O=C(CSc1nnc(C2CC2)o1)Nc1ccc2oc3ccccc3c2c1. The first kappa shape index (κ1) is 15.5. The number of para-hydroxylation sites is 1. The van der Waals surface area contributed by atoms with E-state index in [1.54, 1.807) is 0 Å². The molecule has 0 bridgehead atoms. The maximum Gasteiger partial charge on any atom is 0.277 e. The molecule has 5 rings (SSSR count). The van der Waals surface area contributed by atoms with E-state index in [1.807, 2.05) is 42.5 Å². The minimum atomic E-state index is -0.117. The summed E-state index contributed by atoms with van der Waals surface area (Å²) in [6.45, 7) is 0. The summed E-state index contributed by atoms with van der Waals surface area (Å²) < 4.78 is 11.4. The Hall–Kier alpha value is -2.80. The van der Waals surface area contributed by atoms with Gasteiger partial charge in [0.05, 0.1) is 5.75 Å². The van der Waals surface area contributed by atoms with Crippen molar-refractivity contribution >= 4 is 45.3 Å². The molecule has 130 valence electrons. The van der Waals surface area contributed by atoms with Crippen molar-refractivity contribution in [3.8, 4) is 0 Å².